The van der Waals surface area contributed by atoms with Gasteiger partial charge in [-0.15, -0.1) is 0 Å². The second kappa shape index (κ2) is 7.27. The van der Waals surface area contributed by atoms with Crippen LogP contribution in [-0.2, 0) is 14.3 Å². The highest BCUT2D eigenvalue weighted by Crippen LogP contribution is 2.40. The highest BCUT2D eigenvalue weighted by molar-refractivity contribution is 6.38. The number of carbonyl (C=O) groups excluding carboxylic acids is 2. The van der Waals surface area contributed by atoms with Gasteiger partial charge in [0.1, 0.15) is 17.1 Å². The van der Waals surface area contributed by atoms with Crippen LogP contribution in [0.1, 0.15) is 11.1 Å². The molecule has 0 amide bonds. The summed E-state index contributed by atoms with van der Waals surface area (Å²) >= 11 is 0. The summed E-state index contributed by atoms with van der Waals surface area (Å²) in [4.78, 5) is 24.7. The summed E-state index contributed by atoms with van der Waals surface area (Å²) in [6.07, 6.45) is 1.47. The molecule has 0 heterocycles. The summed E-state index contributed by atoms with van der Waals surface area (Å²) in [6, 6.07) is 14.5. The number of hydrogen-bond acceptors (Lipinski definition) is 5. The van der Waals surface area contributed by atoms with Crippen molar-refractivity contribution in [3.05, 3.63) is 71.3 Å². The zero-order valence-electron chi connectivity index (χ0n) is 14.7. The Kier molecular flexibility index (Phi) is 4.89. The average molecular weight is 350 g/mol. The summed E-state index contributed by atoms with van der Waals surface area (Å²) in [7, 11) is 4.43. The Hall–Kier alpha value is -3.34. The Morgan fingerprint density at radius 1 is 0.769 bits per heavy atom. The lowest BCUT2D eigenvalue weighted by Crippen LogP contribution is -2.11. The third-order valence-electron chi connectivity index (χ3n) is 4.21. The molecule has 0 fully saturated rings. The summed E-state index contributed by atoms with van der Waals surface area (Å²) in [6.45, 7) is 0. The molecule has 0 saturated carbocycles. The average Bonchev–Trinajstić information content (AvgIpc) is 3.04. The van der Waals surface area contributed by atoms with Crippen molar-refractivity contribution in [2.75, 3.05) is 21.3 Å². The van der Waals surface area contributed by atoms with Crippen LogP contribution in [0.3, 0.4) is 0 Å². The lowest BCUT2D eigenvalue weighted by molar-refractivity contribution is -0.137. The molecule has 0 radical (unpaired) electrons. The summed E-state index contributed by atoms with van der Waals surface area (Å²) in [5, 5.41) is 0. The minimum absolute atomic E-state index is 0.0310. The van der Waals surface area contributed by atoms with Gasteiger partial charge >= 0.3 is 5.97 Å². The van der Waals surface area contributed by atoms with E-state index in [0.717, 1.165) is 11.1 Å². The van der Waals surface area contributed by atoms with E-state index in [1.807, 2.05) is 36.4 Å². The van der Waals surface area contributed by atoms with Crippen molar-refractivity contribution in [1.82, 2.24) is 0 Å². The molecule has 0 bridgehead atoms. The van der Waals surface area contributed by atoms with E-state index >= 15 is 0 Å². The van der Waals surface area contributed by atoms with Gasteiger partial charge < -0.3 is 14.2 Å². The predicted molar refractivity (Wildman–Crippen MR) is 97.9 cm³/mol. The lowest BCUT2D eigenvalue weighted by Gasteiger charge is -2.12. The van der Waals surface area contributed by atoms with E-state index in [-0.39, 0.29) is 11.4 Å². The molecule has 2 aromatic carbocycles. The fraction of sp³-hybridized carbons (Fsp3) is 0.143. The molecule has 5 nitrogen and oxygen atoms in total. The number of esters is 1. The van der Waals surface area contributed by atoms with Crippen LogP contribution in [0.4, 0.5) is 0 Å². The number of methoxy groups -OCH3 is 3. The van der Waals surface area contributed by atoms with Gasteiger partial charge in [0.15, 0.2) is 5.78 Å². The van der Waals surface area contributed by atoms with Gasteiger partial charge in [0, 0.05) is 5.57 Å². The van der Waals surface area contributed by atoms with Gasteiger partial charge in [-0.25, -0.2) is 4.79 Å². The smallest absolute Gasteiger partial charge is 0.342 e. The Bertz CT molecular complexity index is 902. The molecule has 0 atom stereocenters. The van der Waals surface area contributed by atoms with Crippen molar-refractivity contribution >= 4 is 22.9 Å². The van der Waals surface area contributed by atoms with E-state index in [0.29, 0.717) is 22.6 Å². The number of ether oxygens (including phenoxy) is 3. The summed E-state index contributed by atoms with van der Waals surface area (Å²) in [5.41, 5.74) is 2.80. The molecule has 26 heavy (non-hydrogen) atoms. The third-order valence-corrected chi connectivity index (χ3v) is 4.21. The van der Waals surface area contributed by atoms with Gasteiger partial charge in [-0.05, 0) is 47.0 Å². The van der Waals surface area contributed by atoms with Crippen LogP contribution in [0.25, 0.3) is 11.1 Å². The third kappa shape index (κ3) is 3.11. The zero-order chi connectivity index (χ0) is 18.7. The topological polar surface area (TPSA) is 61.8 Å². The largest absolute Gasteiger partial charge is 0.497 e. The number of ketones is 1. The Morgan fingerprint density at radius 3 is 1.73 bits per heavy atom. The van der Waals surface area contributed by atoms with Crippen molar-refractivity contribution in [2.24, 2.45) is 0 Å². The molecule has 0 saturated heterocycles. The molecule has 0 aromatic heterocycles. The highest BCUT2D eigenvalue weighted by atomic mass is 16.5. The van der Waals surface area contributed by atoms with Gasteiger partial charge in [-0.2, -0.15) is 0 Å². The molecule has 1 aliphatic carbocycles. The second-order valence-electron chi connectivity index (χ2n) is 5.62. The zero-order valence-corrected chi connectivity index (χ0v) is 14.7. The molecule has 132 valence electrons. The Labute approximate surface area is 151 Å². The highest BCUT2D eigenvalue weighted by Gasteiger charge is 2.32. The van der Waals surface area contributed by atoms with E-state index in [2.05, 4.69) is 0 Å². The Morgan fingerprint density at radius 2 is 1.27 bits per heavy atom. The van der Waals surface area contributed by atoms with E-state index < -0.39 is 5.97 Å². The van der Waals surface area contributed by atoms with Crippen molar-refractivity contribution in [2.45, 2.75) is 0 Å². The SMILES string of the molecule is COC(=O)C1=C(c2ccc(OC)cc2)C(c2ccc(OC)cc2)=CC1=O. The standard InChI is InChI=1S/C21H18O5/c1-24-15-8-4-13(5-9-15)17-12-18(22)20(21(23)26-3)19(17)14-6-10-16(25-2)11-7-14/h4-12H,1-3H3. The first kappa shape index (κ1) is 17.5. The predicted octanol–water partition coefficient (Wildman–Crippen LogP) is 3.30. The Balaban J connectivity index is 2.15. The van der Waals surface area contributed by atoms with Gasteiger partial charge in [-0.3, -0.25) is 4.79 Å². The molecule has 2 aromatic rings. The van der Waals surface area contributed by atoms with Crippen LogP contribution in [0, 0.1) is 0 Å². The van der Waals surface area contributed by atoms with E-state index in [1.54, 1.807) is 26.4 Å². The molecular weight excluding hydrogens is 332 g/mol. The summed E-state index contributed by atoms with van der Waals surface area (Å²) < 4.78 is 15.2. The molecule has 0 spiro atoms. The minimum Gasteiger partial charge on any atom is -0.497 e. The molecule has 0 unspecified atom stereocenters. The van der Waals surface area contributed by atoms with Crippen LogP contribution in [0.15, 0.2) is 60.2 Å². The second-order valence-corrected chi connectivity index (χ2v) is 5.62. The van der Waals surface area contributed by atoms with Crippen LogP contribution in [0.2, 0.25) is 0 Å². The fourth-order valence-electron chi connectivity index (χ4n) is 2.89. The fourth-order valence-corrected chi connectivity index (χ4v) is 2.89. The summed E-state index contributed by atoms with van der Waals surface area (Å²) in [5.74, 6) is 0.379. The maximum absolute atomic E-state index is 12.5. The first-order chi connectivity index (χ1) is 12.6. The molecule has 5 heteroatoms. The van der Waals surface area contributed by atoms with Gasteiger partial charge in [0.05, 0.1) is 21.3 Å². The van der Waals surface area contributed by atoms with Gasteiger partial charge in [0.25, 0.3) is 0 Å². The van der Waals surface area contributed by atoms with Gasteiger partial charge in [0.2, 0.25) is 0 Å². The maximum atomic E-state index is 12.5. The van der Waals surface area contributed by atoms with Crippen molar-refractivity contribution in [3.63, 3.8) is 0 Å². The van der Waals surface area contributed by atoms with Crippen molar-refractivity contribution in [3.8, 4) is 11.5 Å². The normalized spacial score (nSPS) is 13.5. The maximum Gasteiger partial charge on any atom is 0.342 e. The van der Waals surface area contributed by atoms with E-state index in [1.165, 1.54) is 13.2 Å². The monoisotopic (exact) mass is 350 g/mol. The molecular formula is C21H18O5. The van der Waals surface area contributed by atoms with Gasteiger partial charge in [-0.1, -0.05) is 24.3 Å². The number of carbonyl (C=O) groups is 2. The molecule has 1 aliphatic rings. The molecule has 3 rings (SSSR count). The quantitative estimate of drug-likeness (QED) is 0.612. The van der Waals surface area contributed by atoms with Crippen molar-refractivity contribution < 1.29 is 23.8 Å². The van der Waals surface area contributed by atoms with Crippen LogP contribution >= 0.6 is 0 Å². The molecule has 0 N–H and O–H groups in total. The lowest BCUT2D eigenvalue weighted by atomic mass is 9.92. The number of allylic oxidation sites excluding steroid dienone is 3. The van der Waals surface area contributed by atoms with E-state index in [9.17, 15) is 9.59 Å². The van der Waals surface area contributed by atoms with Crippen LogP contribution < -0.4 is 9.47 Å². The number of rotatable bonds is 5. The first-order valence-corrected chi connectivity index (χ1v) is 7.97. The van der Waals surface area contributed by atoms with Crippen molar-refractivity contribution in [1.29, 1.82) is 0 Å². The first-order valence-electron chi connectivity index (χ1n) is 7.97. The minimum atomic E-state index is -0.652. The number of hydrogen-bond donors (Lipinski definition) is 0. The molecule has 0 aliphatic heterocycles. The number of benzene rings is 2. The van der Waals surface area contributed by atoms with Crippen LogP contribution in [0.5, 0.6) is 11.5 Å². The van der Waals surface area contributed by atoms with Crippen LogP contribution in [-0.4, -0.2) is 33.1 Å². The van der Waals surface area contributed by atoms with E-state index in [4.69, 9.17) is 14.2 Å².